The van der Waals surface area contributed by atoms with Gasteiger partial charge in [-0.15, -0.1) is 0 Å². The number of aryl methyl sites for hydroxylation is 1. The minimum atomic E-state index is 0.126. The van der Waals surface area contributed by atoms with Gasteiger partial charge in [0.2, 0.25) is 0 Å². The topological polar surface area (TPSA) is 17.4 Å². The van der Waals surface area contributed by atoms with E-state index < -0.39 is 0 Å². The van der Waals surface area contributed by atoms with Gasteiger partial charge in [-0.1, -0.05) is 76.1 Å². The molecule has 1 aromatic heterocycles. The molecule has 0 bridgehead atoms. The summed E-state index contributed by atoms with van der Waals surface area (Å²) in [6.45, 7) is 7.54. The maximum atomic E-state index is 6.70. The third-order valence-electron chi connectivity index (χ3n) is 16.0. The fourth-order valence-electron chi connectivity index (χ4n) is 13.5. The van der Waals surface area contributed by atoms with E-state index >= 15 is 0 Å². The van der Waals surface area contributed by atoms with Gasteiger partial charge in [0.1, 0.15) is 11.9 Å². The van der Waals surface area contributed by atoms with E-state index in [1.54, 1.807) is 33.5 Å². The molecular weight excluding hydrogens is 645 g/mol. The largest absolute Gasteiger partial charge is 0.485 e. The Kier molecular flexibility index (Phi) is 7.79. The first kappa shape index (κ1) is 32.9. The molecule has 1 aliphatic heterocycles. The smallest absolute Gasteiger partial charge is 0.127 e. The molecule has 0 amide bonds. The van der Waals surface area contributed by atoms with Gasteiger partial charge in [0.25, 0.3) is 0 Å². The van der Waals surface area contributed by atoms with Gasteiger partial charge in [0.15, 0.2) is 0 Å². The van der Waals surface area contributed by atoms with Crippen molar-refractivity contribution < 1.29 is 4.74 Å². The second-order valence-corrected chi connectivity index (χ2v) is 19.2. The van der Waals surface area contributed by atoms with Crippen molar-refractivity contribution in [1.82, 2.24) is 4.57 Å². The Labute approximate surface area is 318 Å². The fourth-order valence-corrected chi connectivity index (χ4v) is 13.5. The van der Waals surface area contributed by atoms with E-state index in [4.69, 9.17) is 4.74 Å². The molecule has 0 N–H and O–H groups in total. The van der Waals surface area contributed by atoms with E-state index in [2.05, 4.69) is 103 Å². The van der Waals surface area contributed by atoms with Crippen LogP contribution in [0.15, 0.2) is 95.4 Å². The Hall–Kier alpha value is -3.46. The number of allylic oxidation sites excluding steroid dienone is 9. The average Bonchev–Trinajstić information content (AvgIpc) is 3.80. The first-order valence-corrected chi connectivity index (χ1v) is 21.9. The number of nitrogens with zero attached hydrogens (tertiary/aromatic N) is 2. The summed E-state index contributed by atoms with van der Waals surface area (Å²) in [5, 5.41) is 1.54. The fraction of sp³-hybridized carbons (Fsp3) is 0.560. The number of ether oxygens (including phenoxy) is 1. The lowest BCUT2D eigenvalue weighted by Gasteiger charge is -2.47. The van der Waals surface area contributed by atoms with Gasteiger partial charge in [-0.25, -0.2) is 0 Å². The molecule has 11 rings (SSSR count). The molecular formula is C50H60N2O. The summed E-state index contributed by atoms with van der Waals surface area (Å²) in [6, 6.07) is 8.61. The molecule has 3 heteroatoms. The monoisotopic (exact) mass is 704 g/mol. The van der Waals surface area contributed by atoms with Gasteiger partial charge in [0, 0.05) is 40.0 Å². The number of fused-ring (bicyclic) bond motifs is 9. The molecule has 9 aliphatic rings. The van der Waals surface area contributed by atoms with Crippen molar-refractivity contribution in [3.8, 4) is 0 Å². The highest BCUT2D eigenvalue weighted by atomic mass is 16.5. The number of hydrogen-bond acceptors (Lipinski definition) is 2. The molecule has 2 aromatic rings. The quantitative estimate of drug-likeness (QED) is 0.315. The van der Waals surface area contributed by atoms with Crippen LogP contribution >= 0.6 is 0 Å². The van der Waals surface area contributed by atoms with Crippen LogP contribution in [0.25, 0.3) is 16.6 Å². The van der Waals surface area contributed by atoms with Crippen molar-refractivity contribution in [2.45, 2.75) is 135 Å². The average molecular weight is 705 g/mol. The zero-order chi connectivity index (χ0) is 35.4. The molecule has 53 heavy (non-hydrogen) atoms. The summed E-state index contributed by atoms with van der Waals surface area (Å²) in [5.41, 5.74) is 13.0. The van der Waals surface area contributed by atoms with Gasteiger partial charge in [-0.3, -0.25) is 0 Å². The molecule has 2 heterocycles. The second kappa shape index (κ2) is 12.5. The maximum Gasteiger partial charge on any atom is 0.127 e. The van der Waals surface area contributed by atoms with E-state index in [0.29, 0.717) is 29.8 Å². The highest BCUT2D eigenvalue weighted by molar-refractivity contribution is 5.92. The number of anilines is 1. The van der Waals surface area contributed by atoms with E-state index in [9.17, 15) is 0 Å². The minimum absolute atomic E-state index is 0.126. The van der Waals surface area contributed by atoms with Crippen LogP contribution in [0.1, 0.15) is 115 Å². The summed E-state index contributed by atoms with van der Waals surface area (Å²) in [7, 11) is 0. The van der Waals surface area contributed by atoms with Gasteiger partial charge in [-0.2, -0.15) is 0 Å². The summed E-state index contributed by atoms with van der Waals surface area (Å²) < 4.78 is 9.49. The molecule has 3 saturated carbocycles. The summed E-state index contributed by atoms with van der Waals surface area (Å²) in [6.07, 6.45) is 41.5. The summed E-state index contributed by atoms with van der Waals surface area (Å²) in [4.78, 5) is 2.96. The molecule has 3 nitrogen and oxygen atoms in total. The van der Waals surface area contributed by atoms with Crippen molar-refractivity contribution in [1.29, 1.82) is 0 Å². The van der Waals surface area contributed by atoms with Crippen LogP contribution in [0.3, 0.4) is 0 Å². The molecule has 1 aromatic carbocycles. The van der Waals surface area contributed by atoms with Crippen molar-refractivity contribution in [2.75, 3.05) is 4.90 Å². The normalized spacial score (nSPS) is 36.4. The van der Waals surface area contributed by atoms with Crippen LogP contribution in [-0.4, -0.2) is 22.8 Å². The zero-order valence-corrected chi connectivity index (χ0v) is 32.5. The van der Waals surface area contributed by atoms with Crippen LogP contribution in [-0.2, 0) is 17.6 Å². The van der Waals surface area contributed by atoms with Crippen molar-refractivity contribution >= 4 is 22.3 Å². The third-order valence-corrected chi connectivity index (χ3v) is 16.0. The first-order valence-electron chi connectivity index (χ1n) is 21.9. The molecule has 0 spiro atoms. The Morgan fingerprint density at radius 3 is 2.72 bits per heavy atom. The van der Waals surface area contributed by atoms with Crippen molar-refractivity contribution in [3.63, 3.8) is 0 Å². The van der Waals surface area contributed by atoms with Gasteiger partial charge < -0.3 is 14.2 Å². The number of rotatable bonds is 4. The van der Waals surface area contributed by atoms with Crippen LogP contribution in [0.4, 0.5) is 5.69 Å². The van der Waals surface area contributed by atoms with E-state index in [1.807, 2.05) is 0 Å². The standard InChI is InChI=1S/C50H60N2O/c1-31-19-24-37-40-29-35(22-25-42(40)50(2,3)43(37)27-31)51(46-16-10-18-48-49(46)39-14-7-9-17-47(39)53-48)36-23-26-45-41(30-36)38-13-6-8-15-44(38)52(45)34-21-20-32-11-4-5-12-33(32)28-34/h7,9-10,14,17-18,23-24,26-28,30-33,35,39-40,42,46-47H,4-6,8,11-13,15-16,19-22,25,29H2,1-3H3. The molecule has 0 radical (unpaired) electrons. The van der Waals surface area contributed by atoms with Crippen molar-refractivity contribution in [2.24, 2.45) is 40.9 Å². The molecule has 0 saturated heterocycles. The summed E-state index contributed by atoms with van der Waals surface area (Å²) >= 11 is 0. The Bertz CT molecular complexity index is 2060. The molecule has 9 unspecified atom stereocenters. The Balaban J connectivity index is 1.03. The predicted octanol–water partition coefficient (Wildman–Crippen LogP) is 12.2. The van der Waals surface area contributed by atoms with E-state index in [1.165, 1.54) is 107 Å². The van der Waals surface area contributed by atoms with E-state index in [-0.39, 0.29) is 11.5 Å². The lowest BCUT2D eigenvalue weighted by atomic mass is 9.68. The lowest BCUT2D eigenvalue weighted by molar-refractivity contribution is 0.168. The predicted molar refractivity (Wildman–Crippen MR) is 220 cm³/mol. The molecule has 3 fully saturated rings. The summed E-state index contributed by atoms with van der Waals surface area (Å²) in [5.74, 6) is 5.22. The van der Waals surface area contributed by atoms with Crippen LogP contribution in [0, 0.1) is 40.9 Å². The highest BCUT2D eigenvalue weighted by Crippen LogP contribution is 2.61. The first-order chi connectivity index (χ1) is 25.9. The van der Waals surface area contributed by atoms with Crippen molar-refractivity contribution in [3.05, 3.63) is 107 Å². The lowest BCUT2D eigenvalue weighted by Crippen LogP contribution is -2.49. The van der Waals surface area contributed by atoms with Crippen LogP contribution < -0.4 is 4.90 Å². The van der Waals surface area contributed by atoms with Gasteiger partial charge in [0.05, 0.1) is 11.6 Å². The van der Waals surface area contributed by atoms with Crippen LogP contribution in [0.5, 0.6) is 0 Å². The molecule has 276 valence electrons. The van der Waals surface area contributed by atoms with Crippen LogP contribution in [0.2, 0.25) is 0 Å². The Morgan fingerprint density at radius 2 is 1.77 bits per heavy atom. The number of benzene rings is 1. The molecule has 9 atom stereocenters. The minimum Gasteiger partial charge on any atom is -0.485 e. The zero-order valence-electron chi connectivity index (χ0n) is 32.5. The molecule has 8 aliphatic carbocycles. The SMILES string of the molecule is CC1C=C2C(=CC1)C1CC(N(c3ccc4c(c3)c3c(n4C4=CC5CCCCC5CC4)CCCC3)C3CC=CC4=C3C3C=CC=CC3O4)CCC1C2(C)C. The van der Waals surface area contributed by atoms with Gasteiger partial charge >= 0.3 is 0 Å². The number of hydrogen-bond donors (Lipinski definition) is 0. The highest BCUT2D eigenvalue weighted by Gasteiger charge is 2.53. The van der Waals surface area contributed by atoms with Gasteiger partial charge in [-0.05, 0) is 166 Å². The van der Waals surface area contributed by atoms with E-state index in [0.717, 1.165) is 29.9 Å². The number of aromatic nitrogens is 1. The second-order valence-electron chi connectivity index (χ2n) is 19.2. The maximum absolute atomic E-state index is 6.70. The Morgan fingerprint density at radius 1 is 0.887 bits per heavy atom. The third kappa shape index (κ3) is 5.10.